The van der Waals surface area contributed by atoms with E-state index in [4.69, 9.17) is 4.28 Å². The molecule has 0 radical (unpaired) electrons. The minimum atomic E-state index is 0. The Hall–Kier alpha value is -0.400. The van der Waals surface area contributed by atoms with Crippen molar-refractivity contribution in [1.82, 2.24) is 10.4 Å². The molecule has 1 fully saturated rings. The number of hydroxylamine groups is 1. The van der Waals surface area contributed by atoms with Crippen molar-refractivity contribution in [2.24, 2.45) is 0 Å². The second-order valence-electron chi connectivity index (χ2n) is 6.00. The van der Waals surface area contributed by atoms with Gasteiger partial charge in [0.2, 0.25) is 0 Å². The van der Waals surface area contributed by atoms with Crippen molar-refractivity contribution in [3.63, 3.8) is 0 Å². The van der Waals surface area contributed by atoms with E-state index in [0.29, 0.717) is 5.92 Å². The van der Waals surface area contributed by atoms with E-state index in [0.717, 1.165) is 18.8 Å². The van der Waals surface area contributed by atoms with E-state index in [2.05, 4.69) is 48.5 Å². The molecule has 1 unspecified atom stereocenters. The lowest BCUT2D eigenvalue weighted by Gasteiger charge is -2.19. The zero-order valence-corrected chi connectivity index (χ0v) is 18.4. The molecule has 1 aliphatic heterocycles. The Morgan fingerprint density at radius 2 is 1.80 bits per heavy atom. The first-order valence-electron chi connectivity index (χ1n) is 9.33. The number of nitrogens with one attached hydrogen (secondary N) is 1. The van der Waals surface area contributed by atoms with Crippen molar-refractivity contribution in [1.29, 1.82) is 0 Å². The minimum Gasteiger partial charge on any atom is -0.302 e. The zero-order valence-electron chi connectivity index (χ0n) is 16.5. The molecule has 0 spiro atoms. The lowest BCUT2D eigenvalue weighted by Crippen LogP contribution is -2.29. The number of nitrogens with zero attached hydrogens (tertiary/aromatic N) is 2. The number of hydrogen-bond donors (Lipinski definition) is 1. The van der Waals surface area contributed by atoms with Crippen molar-refractivity contribution < 1.29 is 4.28 Å². The molecule has 1 heterocycles. The number of rotatable bonds is 9. The molecule has 1 aromatic rings. The van der Waals surface area contributed by atoms with Gasteiger partial charge in [0.05, 0.1) is 0 Å². The second kappa shape index (κ2) is 14.7. The van der Waals surface area contributed by atoms with Crippen molar-refractivity contribution in [3.05, 3.63) is 29.8 Å². The molecule has 1 aromatic carbocycles. The third-order valence-electron chi connectivity index (χ3n) is 4.37. The van der Waals surface area contributed by atoms with Gasteiger partial charge in [0.1, 0.15) is 12.2 Å². The zero-order chi connectivity index (χ0) is 17.8. The molecule has 0 amide bonds. The molecule has 2 rings (SSSR count). The fourth-order valence-electron chi connectivity index (χ4n) is 2.63. The van der Waals surface area contributed by atoms with Gasteiger partial charge in [-0.05, 0) is 56.0 Å². The standard InChI is InChI=1S/C17H29N3OS.C2H6.H2S/c1-4-15(2)16-7-9-17(10-8-16)19(3)22-21-18-11-14-20-12-5-6-13-20;1-2;/h7-10,15,18H,4-6,11-14H2,1-3H3;1-2H3;1H2. The summed E-state index contributed by atoms with van der Waals surface area (Å²) in [5.41, 5.74) is 5.58. The van der Waals surface area contributed by atoms with E-state index in [1.807, 2.05) is 25.2 Å². The summed E-state index contributed by atoms with van der Waals surface area (Å²) in [4.78, 5) is 2.47. The molecule has 1 N–H and O–H groups in total. The molecule has 146 valence electrons. The van der Waals surface area contributed by atoms with Crippen LogP contribution in [0, 0.1) is 0 Å². The molecule has 6 heteroatoms. The van der Waals surface area contributed by atoms with Crippen LogP contribution in [-0.4, -0.2) is 38.1 Å². The van der Waals surface area contributed by atoms with Gasteiger partial charge in [0.15, 0.2) is 0 Å². The van der Waals surface area contributed by atoms with Gasteiger partial charge in [-0.25, -0.2) is 4.28 Å². The van der Waals surface area contributed by atoms with E-state index < -0.39 is 0 Å². The molecule has 4 nitrogen and oxygen atoms in total. The summed E-state index contributed by atoms with van der Waals surface area (Å²) in [5.74, 6) is 0.621. The minimum absolute atomic E-state index is 0. The van der Waals surface area contributed by atoms with Crippen LogP contribution in [-0.2, 0) is 4.28 Å². The van der Waals surface area contributed by atoms with E-state index >= 15 is 0 Å². The predicted molar refractivity (Wildman–Crippen MR) is 118 cm³/mol. The van der Waals surface area contributed by atoms with Crippen LogP contribution >= 0.6 is 25.7 Å². The van der Waals surface area contributed by atoms with Crippen LogP contribution in [0.25, 0.3) is 0 Å². The second-order valence-corrected chi connectivity index (χ2v) is 6.86. The monoisotopic (exact) mass is 387 g/mol. The average molecular weight is 388 g/mol. The molecular weight excluding hydrogens is 350 g/mol. The largest absolute Gasteiger partial charge is 0.302 e. The molecule has 0 bridgehead atoms. The molecule has 0 aliphatic carbocycles. The third-order valence-corrected chi connectivity index (χ3v) is 5.00. The van der Waals surface area contributed by atoms with E-state index in [1.165, 1.54) is 50.1 Å². The number of benzene rings is 1. The highest BCUT2D eigenvalue weighted by Gasteiger charge is 2.10. The maximum atomic E-state index is 5.47. The Bertz CT molecular complexity index is 425. The Morgan fingerprint density at radius 1 is 1.20 bits per heavy atom. The first-order chi connectivity index (χ1) is 11.7. The summed E-state index contributed by atoms with van der Waals surface area (Å²) in [6.45, 7) is 12.9. The Kier molecular flexibility index (Phi) is 14.5. The Balaban J connectivity index is 0.00000185. The van der Waals surface area contributed by atoms with Gasteiger partial charge in [-0.3, -0.25) is 4.31 Å². The summed E-state index contributed by atoms with van der Waals surface area (Å²) in [5, 5.41) is 0. The number of anilines is 1. The van der Waals surface area contributed by atoms with Gasteiger partial charge in [-0.1, -0.05) is 39.8 Å². The molecular formula is C19H37N3OS2. The fraction of sp³-hybridized carbons (Fsp3) is 0.684. The highest BCUT2D eigenvalue weighted by atomic mass is 32.2. The van der Waals surface area contributed by atoms with Crippen LogP contribution in [0.4, 0.5) is 5.69 Å². The van der Waals surface area contributed by atoms with E-state index in [-0.39, 0.29) is 13.5 Å². The van der Waals surface area contributed by atoms with Gasteiger partial charge in [-0.2, -0.15) is 19.0 Å². The predicted octanol–water partition coefficient (Wildman–Crippen LogP) is 4.96. The Morgan fingerprint density at radius 3 is 2.36 bits per heavy atom. The lowest BCUT2D eigenvalue weighted by molar-refractivity contribution is 0.211. The normalized spacial score (nSPS) is 15.1. The smallest absolute Gasteiger partial charge is 0.135 e. The molecule has 1 saturated heterocycles. The molecule has 1 atom stereocenters. The number of likely N-dealkylation sites (tertiary alicyclic amines) is 1. The first kappa shape index (κ1) is 24.6. The van der Waals surface area contributed by atoms with Gasteiger partial charge in [-0.15, -0.1) is 0 Å². The van der Waals surface area contributed by atoms with Crippen LogP contribution in [0.2, 0.25) is 0 Å². The molecule has 0 saturated carbocycles. The van der Waals surface area contributed by atoms with Crippen LogP contribution in [0.3, 0.4) is 0 Å². The molecule has 25 heavy (non-hydrogen) atoms. The molecule has 0 aromatic heterocycles. The van der Waals surface area contributed by atoms with Gasteiger partial charge < -0.3 is 4.90 Å². The van der Waals surface area contributed by atoms with Crippen molar-refractivity contribution in [2.45, 2.75) is 52.9 Å². The van der Waals surface area contributed by atoms with Crippen molar-refractivity contribution in [2.75, 3.05) is 37.5 Å². The maximum absolute atomic E-state index is 5.47. The lowest BCUT2D eigenvalue weighted by atomic mass is 9.99. The SMILES string of the molecule is CC.CCC(C)c1ccc(N(C)SONCCN2CCCC2)cc1.S. The maximum Gasteiger partial charge on any atom is 0.135 e. The van der Waals surface area contributed by atoms with Gasteiger partial charge in [0.25, 0.3) is 0 Å². The van der Waals surface area contributed by atoms with Crippen LogP contribution in [0.5, 0.6) is 0 Å². The van der Waals surface area contributed by atoms with Crippen molar-refractivity contribution in [3.8, 4) is 0 Å². The van der Waals surface area contributed by atoms with Crippen LogP contribution in [0.15, 0.2) is 24.3 Å². The third kappa shape index (κ3) is 9.20. The van der Waals surface area contributed by atoms with Crippen LogP contribution < -0.4 is 9.79 Å². The quantitative estimate of drug-likeness (QED) is 0.280. The first-order valence-corrected chi connectivity index (χ1v) is 10.0. The summed E-state index contributed by atoms with van der Waals surface area (Å²) >= 11 is 1.34. The van der Waals surface area contributed by atoms with E-state index in [9.17, 15) is 0 Å². The van der Waals surface area contributed by atoms with Crippen molar-refractivity contribution >= 4 is 31.4 Å². The fourth-order valence-corrected chi connectivity index (χ4v) is 3.08. The Labute approximate surface area is 166 Å². The number of hydrogen-bond acceptors (Lipinski definition) is 5. The van der Waals surface area contributed by atoms with Gasteiger partial charge in [0, 0.05) is 25.8 Å². The van der Waals surface area contributed by atoms with Crippen LogP contribution in [0.1, 0.15) is 58.4 Å². The summed E-state index contributed by atoms with van der Waals surface area (Å²) in [6, 6.07) is 8.73. The summed E-state index contributed by atoms with van der Waals surface area (Å²) < 4.78 is 7.51. The summed E-state index contributed by atoms with van der Waals surface area (Å²) in [7, 11) is 2.02. The topological polar surface area (TPSA) is 27.7 Å². The van der Waals surface area contributed by atoms with E-state index in [1.54, 1.807) is 0 Å². The summed E-state index contributed by atoms with van der Waals surface area (Å²) in [6.07, 6.45) is 3.85. The highest BCUT2D eigenvalue weighted by Crippen LogP contribution is 2.24. The highest BCUT2D eigenvalue weighted by molar-refractivity contribution is 7.96. The van der Waals surface area contributed by atoms with Gasteiger partial charge >= 0.3 is 0 Å². The average Bonchev–Trinajstić information content (AvgIpc) is 3.16. The molecule has 1 aliphatic rings.